The Labute approximate surface area is 150 Å². The average Bonchev–Trinajstić information content (AvgIpc) is 2.53. The van der Waals surface area contributed by atoms with E-state index in [0.717, 1.165) is 31.8 Å². The van der Waals surface area contributed by atoms with E-state index in [-0.39, 0.29) is 18.1 Å². The summed E-state index contributed by atoms with van der Waals surface area (Å²) in [6, 6.07) is 7.99. The van der Waals surface area contributed by atoms with E-state index < -0.39 is 5.60 Å². The summed E-state index contributed by atoms with van der Waals surface area (Å²) in [4.78, 5) is 14.3. The minimum absolute atomic E-state index is 0.0112. The minimum Gasteiger partial charge on any atom is -0.497 e. The molecule has 1 saturated heterocycles. The molecule has 1 N–H and O–H groups in total. The molecule has 0 radical (unpaired) electrons. The summed E-state index contributed by atoms with van der Waals surface area (Å²) < 4.78 is 10.5. The van der Waals surface area contributed by atoms with Gasteiger partial charge in [-0.1, -0.05) is 12.1 Å². The zero-order valence-electron chi connectivity index (χ0n) is 15.5. The van der Waals surface area contributed by atoms with Gasteiger partial charge >= 0.3 is 6.09 Å². The number of terminal acetylenes is 1. The van der Waals surface area contributed by atoms with Gasteiger partial charge in [-0.25, -0.2) is 4.79 Å². The van der Waals surface area contributed by atoms with E-state index in [1.54, 1.807) is 7.11 Å². The number of likely N-dealkylation sites (tertiary alicyclic amines) is 1. The Balaban J connectivity index is 1.96. The van der Waals surface area contributed by atoms with Crippen LogP contribution in [-0.2, 0) is 11.3 Å². The molecule has 1 aliphatic heterocycles. The van der Waals surface area contributed by atoms with Gasteiger partial charge in [-0.2, -0.15) is 0 Å². The monoisotopic (exact) mass is 344 g/mol. The zero-order valence-corrected chi connectivity index (χ0v) is 15.5. The van der Waals surface area contributed by atoms with Crippen LogP contribution in [0.25, 0.3) is 0 Å². The van der Waals surface area contributed by atoms with Crippen LogP contribution in [0.3, 0.4) is 0 Å². The van der Waals surface area contributed by atoms with Gasteiger partial charge in [-0.3, -0.25) is 4.90 Å². The molecule has 1 fully saturated rings. The Kier molecular flexibility index (Phi) is 6.33. The van der Waals surface area contributed by atoms with Crippen molar-refractivity contribution in [1.82, 2.24) is 10.2 Å². The van der Waals surface area contributed by atoms with Crippen LogP contribution in [-0.4, -0.2) is 42.8 Å². The van der Waals surface area contributed by atoms with Crippen molar-refractivity contribution >= 4 is 6.09 Å². The second-order valence-electron chi connectivity index (χ2n) is 7.48. The van der Waals surface area contributed by atoms with E-state index in [0.29, 0.717) is 0 Å². The standard InChI is InChI=1S/C20H28N2O3/c1-6-15-11-17(21-19(23)25-20(2,3)4)14-22(12-15)13-16-7-9-18(24-5)10-8-16/h1,7-10,15,17H,11-14H2,2-5H3,(H,21,23)/t15-,17+/m1/s1. The molecule has 0 aliphatic carbocycles. The molecule has 5 heteroatoms. The number of benzene rings is 1. The molecule has 1 amide bonds. The number of alkyl carbamates (subject to hydrolysis) is 1. The lowest BCUT2D eigenvalue weighted by Gasteiger charge is -2.36. The number of hydrogen-bond donors (Lipinski definition) is 1. The molecule has 0 saturated carbocycles. The molecule has 1 aromatic carbocycles. The molecule has 1 heterocycles. The van der Waals surface area contributed by atoms with Crippen LogP contribution in [0.2, 0.25) is 0 Å². The highest BCUT2D eigenvalue weighted by molar-refractivity contribution is 5.68. The Bertz CT molecular complexity index is 613. The highest BCUT2D eigenvalue weighted by Gasteiger charge is 2.28. The van der Waals surface area contributed by atoms with Gasteiger partial charge in [0.2, 0.25) is 0 Å². The molecule has 136 valence electrons. The van der Waals surface area contributed by atoms with Crippen LogP contribution >= 0.6 is 0 Å². The fourth-order valence-corrected chi connectivity index (χ4v) is 3.01. The molecule has 5 nitrogen and oxygen atoms in total. The van der Waals surface area contributed by atoms with Gasteiger partial charge in [0.05, 0.1) is 7.11 Å². The first-order valence-electron chi connectivity index (χ1n) is 8.60. The molecule has 25 heavy (non-hydrogen) atoms. The first-order chi connectivity index (χ1) is 11.8. The first-order valence-corrected chi connectivity index (χ1v) is 8.60. The highest BCUT2D eigenvalue weighted by Crippen LogP contribution is 2.20. The minimum atomic E-state index is -0.507. The van der Waals surface area contributed by atoms with Gasteiger partial charge in [-0.15, -0.1) is 12.3 Å². The summed E-state index contributed by atoms with van der Waals surface area (Å²) >= 11 is 0. The number of nitrogens with one attached hydrogen (secondary N) is 1. The van der Waals surface area contributed by atoms with Crippen molar-refractivity contribution in [2.45, 2.75) is 45.4 Å². The zero-order chi connectivity index (χ0) is 18.4. The van der Waals surface area contributed by atoms with Crippen molar-refractivity contribution in [2.75, 3.05) is 20.2 Å². The van der Waals surface area contributed by atoms with Gasteiger partial charge < -0.3 is 14.8 Å². The molecular weight excluding hydrogens is 316 g/mol. The number of carbonyl (C=O) groups is 1. The number of piperidine rings is 1. The number of nitrogens with zero attached hydrogens (tertiary/aromatic N) is 1. The second kappa shape index (κ2) is 8.26. The first kappa shape index (κ1) is 19.1. The average molecular weight is 344 g/mol. The van der Waals surface area contributed by atoms with Gasteiger partial charge in [0.25, 0.3) is 0 Å². The summed E-state index contributed by atoms with van der Waals surface area (Å²) in [5, 5.41) is 2.96. The predicted molar refractivity (Wildman–Crippen MR) is 98.4 cm³/mol. The summed E-state index contributed by atoms with van der Waals surface area (Å²) in [7, 11) is 1.66. The summed E-state index contributed by atoms with van der Waals surface area (Å²) in [5.74, 6) is 3.79. The Morgan fingerprint density at radius 1 is 1.32 bits per heavy atom. The molecule has 0 aromatic heterocycles. The normalized spacial score (nSPS) is 21.2. The third-order valence-electron chi connectivity index (χ3n) is 4.05. The van der Waals surface area contributed by atoms with Crippen LogP contribution in [0.4, 0.5) is 4.79 Å². The lowest BCUT2D eigenvalue weighted by Crippen LogP contribution is -2.51. The number of amides is 1. The lowest BCUT2D eigenvalue weighted by molar-refractivity contribution is 0.0458. The van der Waals surface area contributed by atoms with Crippen LogP contribution in [0, 0.1) is 18.3 Å². The molecule has 1 aromatic rings. The Hall–Kier alpha value is -2.19. The number of ether oxygens (including phenoxy) is 2. The third-order valence-corrected chi connectivity index (χ3v) is 4.05. The van der Waals surface area contributed by atoms with Crippen molar-refractivity contribution < 1.29 is 14.3 Å². The fourth-order valence-electron chi connectivity index (χ4n) is 3.01. The van der Waals surface area contributed by atoms with Crippen molar-refractivity contribution in [1.29, 1.82) is 0 Å². The van der Waals surface area contributed by atoms with E-state index in [4.69, 9.17) is 15.9 Å². The highest BCUT2D eigenvalue weighted by atomic mass is 16.6. The van der Waals surface area contributed by atoms with E-state index >= 15 is 0 Å². The van der Waals surface area contributed by atoms with Crippen LogP contribution in [0.5, 0.6) is 5.75 Å². The SMILES string of the molecule is C#C[C@@H]1C[C@H](NC(=O)OC(C)(C)C)CN(Cc2ccc(OC)cc2)C1. The summed E-state index contributed by atoms with van der Waals surface area (Å²) in [6.45, 7) is 7.93. The molecular formula is C20H28N2O3. The molecule has 0 bridgehead atoms. The van der Waals surface area contributed by atoms with Gasteiger partial charge in [0, 0.05) is 31.6 Å². The maximum atomic E-state index is 12.0. The van der Waals surface area contributed by atoms with Gasteiger partial charge in [0.1, 0.15) is 11.4 Å². The van der Waals surface area contributed by atoms with E-state index in [1.807, 2.05) is 32.9 Å². The molecule has 2 rings (SSSR count). The molecule has 1 aliphatic rings. The molecule has 2 atom stereocenters. The maximum absolute atomic E-state index is 12.0. The van der Waals surface area contributed by atoms with Crippen LogP contribution in [0.15, 0.2) is 24.3 Å². The van der Waals surface area contributed by atoms with Crippen molar-refractivity contribution in [3.8, 4) is 18.1 Å². The van der Waals surface area contributed by atoms with Crippen molar-refractivity contribution in [3.63, 3.8) is 0 Å². The van der Waals surface area contributed by atoms with Crippen LogP contribution in [0.1, 0.15) is 32.8 Å². The third kappa shape index (κ3) is 6.32. The number of rotatable bonds is 4. The smallest absolute Gasteiger partial charge is 0.407 e. The second-order valence-corrected chi connectivity index (χ2v) is 7.48. The van der Waals surface area contributed by atoms with E-state index in [9.17, 15) is 4.79 Å². The Morgan fingerprint density at radius 3 is 2.56 bits per heavy atom. The van der Waals surface area contributed by atoms with Gasteiger partial charge in [0.15, 0.2) is 0 Å². The topological polar surface area (TPSA) is 50.8 Å². The van der Waals surface area contributed by atoms with Crippen LogP contribution < -0.4 is 10.1 Å². The van der Waals surface area contributed by atoms with E-state index in [2.05, 4.69) is 28.3 Å². The van der Waals surface area contributed by atoms with E-state index in [1.165, 1.54) is 5.56 Å². The number of carbonyl (C=O) groups excluding carboxylic acids is 1. The lowest BCUT2D eigenvalue weighted by atomic mass is 9.94. The quantitative estimate of drug-likeness (QED) is 0.853. The maximum Gasteiger partial charge on any atom is 0.407 e. The predicted octanol–water partition coefficient (Wildman–Crippen LogP) is 3.04. The molecule has 0 spiro atoms. The Morgan fingerprint density at radius 2 is 2.00 bits per heavy atom. The number of methoxy groups -OCH3 is 1. The van der Waals surface area contributed by atoms with Crippen molar-refractivity contribution in [2.24, 2.45) is 5.92 Å². The van der Waals surface area contributed by atoms with Gasteiger partial charge in [-0.05, 0) is 44.9 Å². The number of hydrogen-bond acceptors (Lipinski definition) is 4. The van der Waals surface area contributed by atoms with Crippen molar-refractivity contribution in [3.05, 3.63) is 29.8 Å². The summed E-state index contributed by atoms with van der Waals surface area (Å²) in [6.07, 6.45) is 6.04. The largest absolute Gasteiger partial charge is 0.497 e. The summed E-state index contributed by atoms with van der Waals surface area (Å²) in [5.41, 5.74) is 0.682. The molecule has 0 unspecified atom stereocenters. The fraction of sp³-hybridized carbons (Fsp3) is 0.550.